The molecule has 0 heterocycles. The van der Waals surface area contributed by atoms with Gasteiger partial charge in [-0.3, -0.25) is 4.79 Å². The van der Waals surface area contributed by atoms with Crippen LogP contribution >= 0.6 is 0 Å². The lowest BCUT2D eigenvalue weighted by molar-refractivity contribution is 0.0950. The van der Waals surface area contributed by atoms with Gasteiger partial charge in [0, 0.05) is 17.7 Å². The molecule has 0 fully saturated rings. The number of halogens is 1. The van der Waals surface area contributed by atoms with Gasteiger partial charge in [-0.1, -0.05) is 18.2 Å². The molecule has 2 aromatic carbocycles. The van der Waals surface area contributed by atoms with Gasteiger partial charge in [0.15, 0.2) is 0 Å². The topological polar surface area (TPSA) is 38.3 Å². The predicted octanol–water partition coefficient (Wildman–Crippen LogP) is 3.07. The lowest BCUT2D eigenvalue weighted by atomic mass is 10.1. The van der Waals surface area contributed by atoms with Crippen molar-refractivity contribution in [3.05, 3.63) is 65.0 Å². The number of hydrogen-bond donors (Lipinski definition) is 1. The number of methoxy groups -OCH3 is 1. The Hall–Kier alpha value is -2.36. The number of ether oxygens (including phenoxy) is 1. The van der Waals surface area contributed by atoms with E-state index in [1.165, 1.54) is 18.2 Å². The van der Waals surface area contributed by atoms with Crippen LogP contribution in [0.15, 0.2) is 42.5 Å². The summed E-state index contributed by atoms with van der Waals surface area (Å²) < 4.78 is 18.4. The molecule has 0 aromatic heterocycles. The average Bonchev–Trinajstić information content (AvgIpc) is 2.47. The SMILES string of the molecule is COc1ccccc1CNC(=O)c1ccc(F)c(C)c1. The second kappa shape index (κ2) is 6.19. The third-order valence-electron chi connectivity index (χ3n) is 3.05. The minimum absolute atomic E-state index is 0.237. The Bertz CT molecular complexity index is 626. The van der Waals surface area contributed by atoms with E-state index in [-0.39, 0.29) is 11.7 Å². The van der Waals surface area contributed by atoms with Crippen LogP contribution < -0.4 is 10.1 Å². The molecule has 2 rings (SSSR count). The van der Waals surface area contributed by atoms with Crippen LogP contribution in [-0.2, 0) is 6.54 Å². The summed E-state index contributed by atoms with van der Waals surface area (Å²) in [5.41, 5.74) is 1.79. The van der Waals surface area contributed by atoms with Crippen molar-refractivity contribution < 1.29 is 13.9 Å². The number of carbonyl (C=O) groups excluding carboxylic acids is 1. The Morgan fingerprint density at radius 1 is 1.25 bits per heavy atom. The molecule has 0 saturated heterocycles. The number of para-hydroxylation sites is 1. The molecule has 0 atom stereocenters. The minimum Gasteiger partial charge on any atom is -0.496 e. The summed E-state index contributed by atoms with van der Waals surface area (Å²) >= 11 is 0. The van der Waals surface area contributed by atoms with Crippen molar-refractivity contribution in [2.45, 2.75) is 13.5 Å². The summed E-state index contributed by atoms with van der Waals surface area (Å²) in [5.74, 6) is 0.174. The average molecular weight is 273 g/mol. The highest BCUT2D eigenvalue weighted by Crippen LogP contribution is 2.17. The van der Waals surface area contributed by atoms with E-state index < -0.39 is 0 Å². The van der Waals surface area contributed by atoms with E-state index in [2.05, 4.69) is 5.32 Å². The summed E-state index contributed by atoms with van der Waals surface area (Å²) in [5, 5.41) is 2.80. The highest BCUT2D eigenvalue weighted by atomic mass is 19.1. The van der Waals surface area contributed by atoms with Crippen LogP contribution in [0.2, 0.25) is 0 Å². The summed E-state index contributed by atoms with van der Waals surface area (Å²) in [4.78, 5) is 12.0. The Kier molecular flexibility index (Phi) is 4.35. The molecule has 1 amide bonds. The van der Waals surface area contributed by atoms with Crippen LogP contribution in [0, 0.1) is 12.7 Å². The molecule has 3 nitrogen and oxygen atoms in total. The van der Waals surface area contributed by atoms with Crippen molar-refractivity contribution in [1.29, 1.82) is 0 Å². The van der Waals surface area contributed by atoms with Gasteiger partial charge in [0.25, 0.3) is 5.91 Å². The molecule has 20 heavy (non-hydrogen) atoms. The second-order valence-corrected chi connectivity index (χ2v) is 4.46. The molecule has 0 aliphatic rings. The molecule has 4 heteroatoms. The zero-order valence-corrected chi connectivity index (χ0v) is 11.4. The summed E-state index contributed by atoms with van der Waals surface area (Å²) in [7, 11) is 1.59. The molecule has 2 aromatic rings. The van der Waals surface area contributed by atoms with Crippen molar-refractivity contribution in [3.63, 3.8) is 0 Å². The number of amides is 1. The number of nitrogens with one attached hydrogen (secondary N) is 1. The molecule has 104 valence electrons. The Balaban J connectivity index is 2.06. The molecule has 0 bridgehead atoms. The largest absolute Gasteiger partial charge is 0.496 e. The lowest BCUT2D eigenvalue weighted by Gasteiger charge is -2.10. The normalized spacial score (nSPS) is 10.2. The molecule has 0 aliphatic heterocycles. The predicted molar refractivity (Wildman–Crippen MR) is 75.3 cm³/mol. The molecule has 0 unspecified atom stereocenters. The van der Waals surface area contributed by atoms with Crippen molar-refractivity contribution in [2.24, 2.45) is 0 Å². The first-order chi connectivity index (χ1) is 9.61. The van der Waals surface area contributed by atoms with Crippen molar-refractivity contribution in [2.75, 3.05) is 7.11 Å². The quantitative estimate of drug-likeness (QED) is 0.929. The van der Waals surface area contributed by atoms with E-state index in [0.717, 1.165) is 11.3 Å². The summed E-state index contributed by atoms with van der Waals surface area (Å²) in [6.07, 6.45) is 0. The molecular weight excluding hydrogens is 257 g/mol. The van der Waals surface area contributed by atoms with E-state index in [1.807, 2.05) is 24.3 Å². The maximum atomic E-state index is 13.2. The molecule has 0 saturated carbocycles. The third kappa shape index (κ3) is 3.15. The van der Waals surface area contributed by atoms with Crippen LogP contribution in [0.5, 0.6) is 5.75 Å². The van der Waals surface area contributed by atoms with Crippen molar-refractivity contribution in [1.82, 2.24) is 5.32 Å². The minimum atomic E-state index is -0.314. The Morgan fingerprint density at radius 3 is 2.70 bits per heavy atom. The first-order valence-electron chi connectivity index (χ1n) is 6.28. The van der Waals surface area contributed by atoms with E-state index in [1.54, 1.807) is 14.0 Å². The first kappa shape index (κ1) is 14.1. The highest BCUT2D eigenvalue weighted by Gasteiger charge is 2.09. The van der Waals surface area contributed by atoms with E-state index in [4.69, 9.17) is 4.74 Å². The van der Waals surface area contributed by atoms with Gasteiger partial charge in [-0.25, -0.2) is 4.39 Å². The maximum absolute atomic E-state index is 13.2. The second-order valence-electron chi connectivity index (χ2n) is 4.46. The van der Waals surface area contributed by atoms with Crippen LogP contribution in [0.25, 0.3) is 0 Å². The zero-order valence-electron chi connectivity index (χ0n) is 11.4. The molecule has 1 N–H and O–H groups in total. The maximum Gasteiger partial charge on any atom is 0.251 e. The molecular formula is C16H16FNO2. The van der Waals surface area contributed by atoms with E-state index >= 15 is 0 Å². The van der Waals surface area contributed by atoms with Gasteiger partial charge in [0.05, 0.1) is 7.11 Å². The van der Waals surface area contributed by atoms with Crippen LogP contribution in [-0.4, -0.2) is 13.0 Å². The smallest absolute Gasteiger partial charge is 0.251 e. The standard InChI is InChI=1S/C16H16FNO2/c1-11-9-12(7-8-14(11)17)16(19)18-10-13-5-3-4-6-15(13)20-2/h3-9H,10H2,1-2H3,(H,18,19). The number of rotatable bonds is 4. The van der Waals surface area contributed by atoms with Crippen LogP contribution in [0.3, 0.4) is 0 Å². The number of carbonyl (C=O) groups is 1. The van der Waals surface area contributed by atoms with Crippen LogP contribution in [0.1, 0.15) is 21.5 Å². The van der Waals surface area contributed by atoms with Crippen molar-refractivity contribution in [3.8, 4) is 5.75 Å². The number of hydrogen-bond acceptors (Lipinski definition) is 2. The third-order valence-corrected chi connectivity index (χ3v) is 3.05. The van der Waals surface area contributed by atoms with Gasteiger partial charge in [-0.05, 0) is 36.8 Å². The fourth-order valence-electron chi connectivity index (χ4n) is 1.91. The monoisotopic (exact) mass is 273 g/mol. The number of aryl methyl sites for hydroxylation is 1. The number of benzene rings is 2. The van der Waals surface area contributed by atoms with Gasteiger partial charge >= 0.3 is 0 Å². The summed E-state index contributed by atoms with van der Waals surface area (Å²) in [6, 6.07) is 11.8. The Morgan fingerprint density at radius 2 is 2.00 bits per heavy atom. The van der Waals surface area contributed by atoms with Gasteiger partial charge < -0.3 is 10.1 Å². The van der Waals surface area contributed by atoms with E-state index in [0.29, 0.717) is 17.7 Å². The first-order valence-corrected chi connectivity index (χ1v) is 6.28. The van der Waals surface area contributed by atoms with Gasteiger partial charge in [0.2, 0.25) is 0 Å². The van der Waals surface area contributed by atoms with Gasteiger partial charge in [-0.2, -0.15) is 0 Å². The lowest BCUT2D eigenvalue weighted by Crippen LogP contribution is -2.23. The molecule has 0 spiro atoms. The Labute approximate surface area is 117 Å². The highest BCUT2D eigenvalue weighted by molar-refractivity contribution is 5.94. The summed E-state index contributed by atoms with van der Waals surface area (Å²) in [6.45, 7) is 1.99. The molecule has 0 radical (unpaired) electrons. The zero-order chi connectivity index (χ0) is 14.5. The molecule has 0 aliphatic carbocycles. The fourth-order valence-corrected chi connectivity index (χ4v) is 1.91. The fraction of sp³-hybridized carbons (Fsp3) is 0.188. The van der Waals surface area contributed by atoms with Gasteiger partial charge in [0.1, 0.15) is 11.6 Å². The van der Waals surface area contributed by atoms with Crippen LogP contribution in [0.4, 0.5) is 4.39 Å². The van der Waals surface area contributed by atoms with Crippen molar-refractivity contribution >= 4 is 5.91 Å². The van der Waals surface area contributed by atoms with E-state index in [9.17, 15) is 9.18 Å². The van der Waals surface area contributed by atoms with Gasteiger partial charge in [-0.15, -0.1) is 0 Å².